The van der Waals surface area contributed by atoms with Gasteiger partial charge in [0.1, 0.15) is 0 Å². The molecule has 2 aliphatic rings. The number of rotatable bonds is 6. The normalized spacial score (nSPS) is 18.8. The topological polar surface area (TPSA) is 93.6 Å². The Kier molecular flexibility index (Phi) is 6.97. The molecule has 1 saturated heterocycles. The molecule has 0 saturated carbocycles. The Morgan fingerprint density at radius 2 is 1.54 bits per heavy atom. The van der Waals surface area contributed by atoms with Gasteiger partial charge in [0, 0.05) is 21.5 Å². The zero-order valence-electron chi connectivity index (χ0n) is 22.1. The highest BCUT2D eigenvalue weighted by molar-refractivity contribution is 6.30. The molecule has 1 aliphatic carbocycles. The number of aromatic nitrogens is 1. The largest absolute Gasteiger partial charge is 0.451 e. The molecule has 41 heavy (non-hydrogen) atoms. The standard InChI is InChI=1S/C33H25ClN2O5/c1-19(30(37)21-10-14-22(34)15-11-21)41-33(40)27-18-29(35-28-9-5-4-6-24(27)28)20-12-16-23(17-13-20)36-31(38)25-7-2-3-8-26(25)32(36)39/h2-6,9-19,25-26H,7-8H2,1H3. The number of anilines is 1. The van der Waals surface area contributed by atoms with Gasteiger partial charge in [0.15, 0.2) is 6.10 Å². The van der Waals surface area contributed by atoms with Crippen LogP contribution < -0.4 is 4.90 Å². The number of ether oxygens (including phenoxy) is 1. The van der Waals surface area contributed by atoms with Crippen LogP contribution in [0.5, 0.6) is 0 Å². The fourth-order valence-electron chi connectivity index (χ4n) is 5.45. The molecule has 1 aliphatic heterocycles. The molecule has 0 bridgehead atoms. The van der Waals surface area contributed by atoms with Gasteiger partial charge in [-0.2, -0.15) is 0 Å². The maximum Gasteiger partial charge on any atom is 0.339 e. The van der Waals surface area contributed by atoms with Crippen LogP contribution in [0, 0.1) is 11.8 Å². The quantitative estimate of drug-likeness (QED) is 0.116. The Balaban J connectivity index is 1.28. The van der Waals surface area contributed by atoms with E-state index in [4.69, 9.17) is 21.3 Å². The number of Topliss-reactive ketones (excluding diaryl/α,β-unsaturated/α-hetero) is 1. The number of esters is 1. The minimum Gasteiger partial charge on any atom is -0.451 e. The molecule has 1 fully saturated rings. The van der Waals surface area contributed by atoms with Crippen molar-refractivity contribution in [3.05, 3.63) is 107 Å². The van der Waals surface area contributed by atoms with Crippen LogP contribution in [0.3, 0.4) is 0 Å². The van der Waals surface area contributed by atoms with Crippen molar-refractivity contribution >= 4 is 51.8 Å². The van der Waals surface area contributed by atoms with Gasteiger partial charge in [-0.05, 0) is 68.3 Å². The second-order valence-corrected chi connectivity index (χ2v) is 10.6. The molecule has 204 valence electrons. The Labute approximate surface area is 241 Å². The summed E-state index contributed by atoms with van der Waals surface area (Å²) in [6.07, 6.45) is 4.05. The lowest BCUT2D eigenvalue weighted by atomic mass is 9.85. The molecule has 2 amide bonds. The summed E-state index contributed by atoms with van der Waals surface area (Å²) >= 11 is 5.92. The van der Waals surface area contributed by atoms with Crippen LogP contribution >= 0.6 is 11.6 Å². The van der Waals surface area contributed by atoms with Gasteiger partial charge >= 0.3 is 5.97 Å². The number of benzene rings is 3. The summed E-state index contributed by atoms with van der Waals surface area (Å²) in [5, 5.41) is 1.09. The lowest BCUT2D eigenvalue weighted by molar-refractivity contribution is -0.122. The SMILES string of the molecule is CC(OC(=O)c1cc(-c2ccc(N3C(=O)C4CC=CCC4C3=O)cc2)nc2ccccc12)C(=O)c1ccc(Cl)cc1. The number of amides is 2. The van der Waals surface area contributed by atoms with E-state index in [9.17, 15) is 19.2 Å². The third-order valence-corrected chi connectivity index (χ3v) is 7.90. The summed E-state index contributed by atoms with van der Waals surface area (Å²) in [4.78, 5) is 58.2. The van der Waals surface area contributed by atoms with E-state index in [0.29, 0.717) is 51.3 Å². The van der Waals surface area contributed by atoms with E-state index in [1.165, 1.54) is 11.8 Å². The number of halogens is 1. The summed E-state index contributed by atoms with van der Waals surface area (Å²) in [7, 11) is 0. The maximum atomic E-state index is 13.4. The van der Waals surface area contributed by atoms with Crippen LogP contribution in [-0.4, -0.2) is 34.7 Å². The zero-order valence-corrected chi connectivity index (χ0v) is 22.9. The minimum atomic E-state index is -1.02. The van der Waals surface area contributed by atoms with Crippen LogP contribution in [-0.2, 0) is 14.3 Å². The number of hydrogen-bond donors (Lipinski definition) is 0. The molecule has 0 radical (unpaired) electrons. The van der Waals surface area contributed by atoms with Crippen molar-refractivity contribution in [3.8, 4) is 11.3 Å². The zero-order chi connectivity index (χ0) is 28.7. The van der Waals surface area contributed by atoms with Crippen LogP contribution in [0.2, 0.25) is 5.02 Å². The van der Waals surface area contributed by atoms with Crippen LogP contribution in [0.4, 0.5) is 5.69 Å². The number of carbonyl (C=O) groups excluding carboxylic acids is 4. The number of carbonyl (C=O) groups is 4. The predicted octanol–water partition coefficient (Wildman–Crippen LogP) is 6.44. The Hall–Kier alpha value is -4.62. The summed E-state index contributed by atoms with van der Waals surface area (Å²) in [6.45, 7) is 1.53. The second-order valence-electron chi connectivity index (χ2n) is 10.2. The number of allylic oxidation sites excluding steroid dienone is 2. The lowest BCUT2D eigenvalue weighted by Gasteiger charge is -2.16. The van der Waals surface area contributed by atoms with Crippen LogP contribution in [0.1, 0.15) is 40.5 Å². The Morgan fingerprint density at radius 1 is 0.902 bits per heavy atom. The third-order valence-electron chi connectivity index (χ3n) is 7.65. The van der Waals surface area contributed by atoms with E-state index < -0.39 is 12.1 Å². The van der Waals surface area contributed by atoms with E-state index in [-0.39, 0.29) is 35.0 Å². The van der Waals surface area contributed by atoms with Gasteiger partial charge in [-0.3, -0.25) is 19.3 Å². The minimum absolute atomic E-state index is 0.173. The van der Waals surface area contributed by atoms with Crippen molar-refractivity contribution in [1.82, 2.24) is 4.98 Å². The summed E-state index contributed by atoms with van der Waals surface area (Å²) < 4.78 is 5.60. The highest BCUT2D eigenvalue weighted by atomic mass is 35.5. The number of nitrogens with zero attached hydrogens (tertiary/aromatic N) is 2. The van der Waals surface area contributed by atoms with E-state index >= 15 is 0 Å². The van der Waals surface area contributed by atoms with Crippen molar-refractivity contribution in [2.75, 3.05) is 4.90 Å². The van der Waals surface area contributed by atoms with Crippen molar-refractivity contribution in [2.24, 2.45) is 11.8 Å². The molecular weight excluding hydrogens is 540 g/mol. The highest BCUT2D eigenvalue weighted by Crippen LogP contribution is 2.38. The number of para-hydroxylation sites is 1. The monoisotopic (exact) mass is 564 g/mol. The summed E-state index contributed by atoms with van der Waals surface area (Å²) in [5.74, 6) is -1.96. The third kappa shape index (κ3) is 4.93. The highest BCUT2D eigenvalue weighted by Gasteiger charge is 2.47. The van der Waals surface area contributed by atoms with E-state index in [0.717, 1.165) is 0 Å². The molecule has 0 spiro atoms. The number of ketones is 1. The Bertz CT molecular complexity index is 1700. The lowest BCUT2D eigenvalue weighted by Crippen LogP contribution is -2.30. The van der Waals surface area contributed by atoms with Gasteiger partial charge in [-0.15, -0.1) is 0 Å². The smallest absolute Gasteiger partial charge is 0.339 e. The first-order chi connectivity index (χ1) is 19.8. The van der Waals surface area contributed by atoms with Crippen molar-refractivity contribution in [1.29, 1.82) is 0 Å². The molecule has 1 aromatic heterocycles. The maximum absolute atomic E-state index is 13.4. The van der Waals surface area contributed by atoms with E-state index in [2.05, 4.69) is 0 Å². The molecule has 3 atom stereocenters. The molecule has 6 rings (SSSR count). The predicted molar refractivity (Wildman–Crippen MR) is 156 cm³/mol. The first kappa shape index (κ1) is 26.6. The van der Waals surface area contributed by atoms with Crippen molar-refractivity contribution in [3.63, 3.8) is 0 Å². The van der Waals surface area contributed by atoms with Gasteiger partial charge in [0.25, 0.3) is 0 Å². The fourth-order valence-corrected chi connectivity index (χ4v) is 5.58. The number of pyridine rings is 1. The number of fused-ring (bicyclic) bond motifs is 2. The molecule has 3 unspecified atom stereocenters. The van der Waals surface area contributed by atoms with Crippen molar-refractivity contribution < 1.29 is 23.9 Å². The van der Waals surface area contributed by atoms with Gasteiger partial charge in [-0.25, -0.2) is 9.78 Å². The van der Waals surface area contributed by atoms with Crippen LogP contribution in [0.25, 0.3) is 22.2 Å². The van der Waals surface area contributed by atoms with Gasteiger partial charge in [0.05, 0.1) is 34.3 Å². The first-order valence-corrected chi connectivity index (χ1v) is 13.7. The molecule has 3 aromatic carbocycles. The average Bonchev–Trinajstić information content (AvgIpc) is 3.26. The Morgan fingerprint density at radius 3 is 2.20 bits per heavy atom. The van der Waals surface area contributed by atoms with Crippen molar-refractivity contribution in [2.45, 2.75) is 25.9 Å². The summed E-state index contributed by atoms with van der Waals surface area (Å²) in [5.41, 5.74) is 2.95. The molecule has 8 heteroatoms. The molecule has 0 N–H and O–H groups in total. The average molecular weight is 565 g/mol. The molecular formula is C33H25ClN2O5. The van der Waals surface area contributed by atoms with Gasteiger partial charge < -0.3 is 4.74 Å². The van der Waals surface area contributed by atoms with E-state index in [1.54, 1.807) is 72.8 Å². The second kappa shape index (κ2) is 10.7. The van der Waals surface area contributed by atoms with Crippen LogP contribution in [0.15, 0.2) is 91.0 Å². The summed E-state index contributed by atoms with van der Waals surface area (Å²) in [6, 6.07) is 22.2. The molecule has 4 aromatic rings. The number of imide groups is 1. The first-order valence-electron chi connectivity index (χ1n) is 13.4. The van der Waals surface area contributed by atoms with Gasteiger partial charge in [-0.1, -0.05) is 54.1 Å². The fraction of sp³-hybridized carbons (Fsp3) is 0.182. The number of hydrogen-bond acceptors (Lipinski definition) is 6. The molecule has 7 nitrogen and oxygen atoms in total. The van der Waals surface area contributed by atoms with E-state index in [1.807, 2.05) is 18.2 Å². The van der Waals surface area contributed by atoms with Gasteiger partial charge in [0.2, 0.25) is 17.6 Å². The molecule has 2 heterocycles.